The fourth-order valence-electron chi connectivity index (χ4n) is 4.54. The zero-order valence-electron chi connectivity index (χ0n) is 22.1. The van der Waals surface area contributed by atoms with E-state index in [9.17, 15) is 33.5 Å². The summed E-state index contributed by atoms with van der Waals surface area (Å²) in [5, 5.41) is 33.1. The molecule has 0 bridgehead atoms. The molecule has 212 valence electrons. The largest absolute Gasteiger partial charge is 0.503 e. The Bertz CT molecular complexity index is 1750. The molecule has 0 saturated carbocycles. The van der Waals surface area contributed by atoms with Gasteiger partial charge in [-0.3, -0.25) is 19.8 Å². The number of aromatic nitrogens is 1. The van der Waals surface area contributed by atoms with Crippen LogP contribution < -0.4 is 4.90 Å². The third-order valence-electron chi connectivity index (χ3n) is 6.75. The number of rotatable bonds is 7. The molecule has 3 heterocycles. The van der Waals surface area contributed by atoms with Gasteiger partial charge < -0.3 is 14.6 Å². The van der Waals surface area contributed by atoms with Crippen LogP contribution >= 0.6 is 11.3 Å². The Morgan fingerprint density at radius 3 is 2.32 bits per heavy atom. The van der Waals surface area contributed by atoms with Gasteiger partial charge in [-0.1, -0.05) is 56.4 Å². The highest BCUT2D eigenvalue weighted by Crippen LogP contribution is 2.47. The van der Waals surface area contributed by atoms with Gasteiger partial charge in [0, 0.05) is 17.7 Å². The minimum atomic E-state index is -4.14. The van der Waals surface area contributed by atoms with E-state index in [2.05, 4.69) is 4.98 Å². The number of carbonyl (C=O) groups is 1. The summed E-state index contributed by atoms with van der Waals surface area (Å²) in [6.07, 6.45) is 0.963. The first kappa shape index (κ1) is 28.2. The molecular formula is C28H25N3O8S2. The molecule has 0 unspecified atom stereocenters. The van der Waals surface area contributed by atoms with E-state index in [4.69, 9.17) is 4.42 Å². The summed E-state index contributed by atoms with van der Waals surface area (Å²) in [5.41, 5.74) is 1.11. The van der Waals surface area contributed by atoms with E-state index in [1.807, 2.05) is 32.9 Å². The van der Waals surface area contributed by atoms with Crippen LogP contribution in [0.3, 0.4) is 0 Å². The molecule has 4 aromatic rings. The molecule has 41 heavy (non-hydrogen) atoms. The maximum Gasteiger partial charge on any atom is 0.295 e. The first-order chi connectivity index (χ1) is 19.3. The number of nitrogens with zero attached hydrogens (tertiary/aromatic N) is 3. The SMILES string of the molecule is CC(C)(C)c1ccc([C@@H]2C([C@@H](O)c3ccco3)=C(O)C(=O)N2c2ncc(S(=O)(=O)c3ccc([N+](=O)[O-])cc3)s2)cc1. The Hall–Kier alpha value is -4.33. The lowest BCUT2D eigenvalue weighted by atomic mass is 9.85. The maximum absolute atomic E-state index is 13.5. The maximum atomic E-state index is 13.5. The highest BCUT2D eigenvalue weighted by molar-refractivity contribution is 7.93. The smallest absolute Gasteiger partial charge is 0.295 e. The van der Waals surface area contributed by atoms with Crippen molar-refractivity contribution >= 4 is 37.9 Å². The van der Waals surface area contributed by atoms with Crippen molar-refractivity contribution in [3.63, 3.8) is 0 Å². The summed E-state index contributed by atoms with van der Waals surface area (Å²) in [6.45, 7) is 6.15. The predicted molar refractivity (Wildman–Crippen MR) is 149 cm³/mol. The third kappa shape index (κ3) is 5.03. The van der Waals surface area contributed by atoms with Crippen molar-refractivity contribution in [1.82, 2.24) is 4.98 Å². The van der Waals surface area contributed by atoms with E-state index in [0.29, 0.717) is 16.9 Å². The summed E-state index contributed by atoms with van der Waals surface area (Å²) >= 11 is 0.695. The molecule has 2 aromatic heterocycles. The zero-order valence-corrected chi connectivity index (χ0v) is 23.7. The third-order valence-corrected chi connectivity index (χ3v) is 9.98. The molecule has 2 atom stereocenters. The van der Waals surface area contributed by atoms with Crippen LogP contribution in [-0.2, 0) is 20.0 Å². The van der Waals surface area contributed by atoms with E-state index in [0.717, 1.165) is 40.9 Å². The van der Waals surface area contributed by atoms with Gasteiger partial charge in [0.2, 0.25) is 9.84 Å². The molecule has 1 aliphatic heterocycles. The van der Waals surface area contributed by atoms with Gasteiger partial charge in [-0.15, -0.1) is 0 Å². The minimum Gasteiger partial charge on any atom is -0.503 e. The molecule has 0 saturated heterocycles. The molecule has 0 fully saturated rings. The number of hydrogen-bond donors (Lipinski definition) is 2. The molecule has 0 spiro atoms. The Labute approximate surface area is 239 Å². The lowest BCUT2D eigenvalue weighted by Crippen LogP contribution is -2.30. The lowest BCUT2D eigenvalue weighted by Gasteiger charge is -2.27. The van der Waals surface area contributed by atoms with Crippen LogP contribution in [0.2, 0.25) is 0 Å². The van der Waals surface area contributed by atoms with Crippen LogP contribution in [0.15, 0.2) is 98.0 Å². The van der Waals surface area contributed by atoms with Crippen LogP contribution in [0.5, 0.6) is 0 Å². The van der Waals surface area contributed by atoms with Crippen molar-refractivity contribution in [3.05, 3.63) is 111 Å². The number of sulfone groups is 1. The molecule has 1 aliphatic rings. The number of non-ortho nitro benzene ring substituents is 1. The van der Waals surface area contributed by atoms with E-state index in [1.54, 1.807) is 18.2 Å². The number of nitro benzene ring substituents is 1. The standard InChI is InChI=1S/C28H25N3O8S2/c1-28(2,3)17-8-6-16(7-9-17)23-22(24(32)20-5-4-14-39-20)25(33)26(34)30(23)27-29-15-21(40-27)41(37,38)19-12-10-18(11-13-19)31(35)36/h4-15,23-24,32-33H,1-3H3/t23-,24+/m1/s1. The van der Waals surface area contributed by atoms with Crippen molar-refractivity contribution in [2.75, 3.05) is 4.90 Å². The number of aliphatic hydroxyl groups is 2. The second kappa shape index (κ2) is 10.3. The fraction of sp³-hybridized carbons (Fsp3) is 0.214. The van der Waals surface area contributed by atoms with Gasteiger partial charge in [0.1, 0.15) is 16.1 Å². The van der Waals surface area contributed by atoms with Gasteiger partial charge >= 0.3 is 0 Å². The second-order valence-electron chi connectivity index (χ2n) is 10.4. The number of amides is 1. The van der Waals surface area contributed by atoms with Crippen LogP contribution in [0.25, 0.3) is 0 Å². The highest BCUT2D eigenvalue weighted by atomic mass is 32.2. The number of thiazole rings is 1. The molecule has 11 nitrogen and oxygen atoms in total. The average molecular weight is 596 g/mol. The first-order valence-corrected chi connectivity index (χ1v) is 14.6. The van der Waals surface area contributed by atoms with Crippen molar-refractivity contribution in [2.45, 2.75) is 47.4 Å². The van der Waals surface area contributed by atoms with E-state index < -0.39 is 38.6 Å². The number of hydrogen-bond acceptors (Lipinski definition) is 10. The number of anilines is 1. The lowest BCUT2D eigenvalue weighted by molar-refractivity contribution is -0.384. The Kier molecular flexibility index (Phi) is 7.05. The van der Waals surface area contributed by atoms with E-state index >= 15 is 0 Å². The number of nitro groups is 1. The Balaban J connectivity index is 1.58. The molecule has 2 aromatic carbocycles. The Morgan fingerprint density at radius 2 is 1.76 bits per heavy atom. The van der Waals surface area contributed by atoms with Crippen LogP contribution in [0.4, 0.5) is 10.8 Å². The molecule has 2 N–H and O–H groups in total. The minimum absolute atomic E-state index is 0.0337. The molecule has 5 rings (SSSR count). The second-order valence-corrected chi connectivity index (χ2v) is 13.6. The molecular weight excluding hydrogens is 570 g/mol. The van der Waals surface area contributed by atoms with Gasteiger partial charge in [-0.25, -0.2) is 13.4 Å². The quantitative estimate of drug-likeness (QED) is 0.210. The van der Waals surface area contributed by atoms with E-state index in [-0.39, 0.29) is 36.7 Å². The van der Waals surface area contributed by atoms with Crippen molar-refractivity contribution < 1.29 is 32.8 Å². The predicted octanol–water partition coefficient (Wildman–Crippen LogP) is 5.41. The zero-order chi connectivity index (χ0) is 29.7. The molecule has 1 amide bonds. The van der Waals surface area contributed by atoms with Crippen LogP contribution in [-0.4, -0.2) is 34.4 Å². The van der Waals surface area contributed by atoms with Gasteiger partial charge in [0.25, 0.3) is 11.6 Å². The summed E-state index contributed by atoms with van der Waals surface area (Å²) in [7, 11) is -4.14. The topological polar surface area (TPSA) is 164 Å². The van der Waals surface area contributed by atoms with Gasteiger partial charge in [0.15, 0.2) is 10.9 Å². The van der Waals surface area contributed by atoms with E-state index in [1.165, 1.54) is 12.3 Å². The number of carbonyl (C=O) groups excluding carboxylic acids is 1. The Morgan fingerprint density at radius 1 is 1.10 bits per heavy atom. The van der Waals surface area contributed by atoms with Crippen molar-refractivity contribution in [2.24, 2.45) is 0 Å². The summed E-state index contributed by atoms with van der Waals surface area (Å²) in [6, 6.07) is 13.8. The number of aliphatic hydroxyl groups excluding tert-OH is 2. The first-order valence-electron chi connectivity index (χ1n) is 12.3. The van der Waals surface area contributed by atoms with Gasteiger partial charge in [-0.05, 0) is 40.8 Å². The summed E-state index contributed by atoms with van der Waals surface area (Å²) < 4.78 is 31.7. The van der Waals surface area contributed by atoms with Gasteiger partial charge in [0.05, 0.1) is 28.3 Å². The van der Waals surface area contributed by atoms with Crippen LogP contribution in [0, 0.1) is 10.1 Å². The summed E-state index contributed by atoms with van der Waals surface area (Å²) in [5.74, 6) is -1.46. The molecule has 0 radical (unpaired) electrons. The number of benzene rings is 2. The number of furan rings is 1. The van der Waals surface area contributed by atoms with Crippen LogP contribution in [0.1, 0.15) is 49.8 Å². The monoisotopic (exact) mass is 595 g/mol. The fourth-order valence-corrected chi connectivity index (χ4v) is 7.09. The molecule has 0 aliphatic carbocycles. The van der Waals surface area contributed by atoms with Gasteiger partial charge in [-0.2, -0.15) is 0 Å². The average Bonchev–Trinajstić information content (AvgIpc) is 3.69. The summed E-state index contributed by atoms with van der Waals surface area (Å²) in [4.78, 5) is 29.0. The normalized spacial score (nSPS) is 16.8. The van der Waals surface area contributed by atoms with Crippen molar-refractivity contribution in [3.8, 4) is 0 Å². The molecule has 13 heteroatoms. The van der Waals surface area contributed by atoms with Crippen molar-refractivity contribution in [1.29, 1.82) is 0 Å². The highest BCUT2D eigenvalue weighted by Gasteiger charge is 2.46.